The fourth-order valence-corrected chi connectivity index (χ4v) is 3.40. The van der Waals surface area contributed by atoms with Gasteiger partial charge in [-0.2, -0.15) is 23.7 Å². The highest BCUT2D eigenvalue weighted by Crippen LogP contribution is 3.02. The van der Waals surface area contributed by atoms with Gasteiger partial charge in [-0.1, -0.05) is 31.0 Å². The van der Waals surface area contributed by atoms with Crippen LogP contribution in [0.25, 0.3) is 0 Å². The number of alkyl halides is 3. The molecule has 2 aromatic rings. The van der Waals surface area contributed by atoms with E-state index in [2.05, 4.69) is 5.32 Å². The average molecular weight is 534 g/mol. The van der Waals surface area contributed by atoms with E-state index in [-0.39, 0.29) is 12.1 Å². The zero-order chi connectivity index (χ0) is 26.2. The highest BCUT2D eigenvalue weighted by atomic mass is 35.5. The minimum Gasteiger partial charge on any atom is -0.488 e. The van der Waals surface area contributed by atoms with Gasteiger partial charge in [0.2, 0.25) is 0 Å². The average Bonchev–Trinajstić information content (AvgIpc) is 2.70. The van der Waals surface area contributed by atoms with E-state index >= 15 is 0 Å². The second kappa shape index (κ2) is 7.92. The zero-order valence-electron chi connectivity index (χ0n) is 16.7. The molecule has 2 rings (SSSR count). The molecule has 1 unspecified atom stereocenters. The number of nitriles is 2. The van der Waals surface area contributed by atoms with Crippen molar-refractivity contribution in [2.45, 2.75) is 23.5 Å². The first kappa shape index (κ1) is 27.0. The molecule has 0 aliphatic heterocycles. The molecule has 5 nitrogen and oxygen atoms in total. The Hall–Kier alpha value is -3.23. The van der Waals surface area contributed by atoms with Gasteiger partial charge in [0.15, 0.2) is 5.54 Å². The normalized spacial score (nSPS) is 15.6. The molecule has 0 aliphatic carbocycles. The first-order chi connectivity index (χ1) is 15.2. The lowest BCUT2D eigenvalue weighted by Crippen LogP contribution is -2.49. The third-order valence-electron chi connectivity index (χ3n) is 4.19. The molecule has 0 bridgehead atoms. The number of amides is 1. The van der Waals surface area contributed by atoms with Crippen LogP contribution in [0.2, 0.25) is 5.02 Å². The molecule has 0 fully saturated rings. The monoisotopic (exact) mass is 533 g/mol. The Morgan fingerprint density at radius 1 is 1.09 bits per heavy atom. The van der Waals surface area contributed by atoms with Gasteiger partial charge in [0.25, 0.3) is 5.91 Å². The van der Waals surface area contributed by atoms with Gasteiger partial charge in [-0.3, -0.25) is 4.79 Å². The Bertz CT molecular complexity index is 1220. The van der Waals surface area contributed by atoms with Crippen LogP contribution in [0.5, 0.6) is 5.75 Å². The van der Waals surface area contributed by atoms with E-state index in [1.165, 1.54) is 6.07 Å². The number of nitrogens with zero attached hydrogens (tertiary/aromatic N) is 2. The van der Waals surface area contributed by atoms with E-state index in [9.17, 15) is 42.7 Å². The standard InChI is InChI=1S/C19H12ClF8N3O2S/c1-18(9-30,10-33-15-7-11(8-29)6-14(16(15)20)19(21,22)23)31-17(32)12-2-4-13(5-3-12)34(24,25,26,27)28/h2-7H,10H2,1H3,(H,31,32). The van der Waals surface area contributed by atoms with Crippen molar-refractivity contribution in [3.05, 3.63) is 58.1 Å². The van der Waals surface area contributed by atoms with Gasteiger partial charge in [0.1, 0.15) is 17.3 Å². The third-order valence-corrected chi connectivity index (χ3v) is 5.74. The summed E-state index contributed by atoms with van der Waals surface area (Å²) in [6.45, 7) is 0.269. The van der Waals surface area contributed by atoms with Crippen molar-refractivity contribution in [2.75, 3.05) is 6.61 Å². The number of ether oxygens (including phenoxy) is 1. The van der Waals surface area contributed by atoms with Gasteiger partial charge in [-0.05, 0) is 43.3 Å². The lowest BCUT2D eigenvalue weighted by molar-refractivity contribution is -0.137. The highest BCUT2D eigenvalue weighted by Gasteiger charge is 2.65. The molecule has 15 heteroatoms. The van der Waals surface area contributed by atoms with E-state index in [0.29, 0.717) is 18.2 Å². The number of nitrogens with one attached hydrogen (secondary N) is 1. The highest BCUT2D eigenvalue weighted by molar-refractivity contribution is 8.45. The van der Waals surface area contributed by atoms with Gasteiger partial charge in [-0.25, -0.2) is 0 Å². The van der Waals surface area contributed by atoms with Gasteiger partial charge in [0.05, 0.1) is 28.3 Å². The summed E-state index contributed by atoms with van der Waals surface area (Å²) in [7, 11) is -9.96. The van der Waals surface area contributed by atoms with E-state index in [0.717, 1.165) is 13.0 Å². The molecule has 184 valence electrons. The molecule has 0 aromatic heterocycles. The number of halogens is 9. The first-order valence-corrected chi connectivity index (χ1v) is 11.0. The van der Waals surface area contributed by atoms with Gasteiger partial charge in [0, 0.05) is 5.56 Å². The molecular weight excluding hydrogens is 522 g/mol. The molecule has 0 spiro atoms. The van der Waals surface area contributed by atoms with Crippen molar-refractivity contribution in [1.29, 1.82) is 10.5 Å². The Morgan fingerprint density at radius 2 is 1.65 bits per heavy atom. The van der Waals surface area contributed by atoms with Crippen molar-refractivity contribution in [1.82, 2.24) is 5.32 Å². The summed E-state index contributed by atoms with van der Waals surface area (Å²) in [6.07, 6.45) is -4.93. The van der Waals surface area contributed by atoms with Crippen LogP contribution in [0.3, 0.4) is 0 Å². The van der Waals surface area contributed by atoms with Crippen LogP contribution in [-0.4, -0.2) is 18.1 Å². The number of benzene rings is 2. The minimum absolute atomic E-state index is 0.00249. The van der Waals surface area contributed by atoms with E-state index < -0.39 is 66.8 Å². The third kappa shape index (κ3) is 6.42. The van der Waals surface area contributed by atoms with E-state index in [1.807, 2.05) is 0 Å². The van der Waals surface area contributed by atoms with Gasteiger partial charge < -0.3 is 10.1 Å². The Labute approximate surface area is 192 Å². The maximum Gasteiger partial charge on any atom is 0.418 e. The maximum atomic E-state index is 13.1. The second-order valence-electron chi connectivity index (χ2n) is 7.13. The van der Waals surface area contributed by atoms with Crippen LogP contribution in [-0.2, 0) is 6.18 Å². The van der Waals surface area contributed by atoms with Crippen molar-refractivity contribution in [3.63, 3.8) is 0 Å². The fraction of sp³-hybridized carbons (Fsp3) is 0.211. The SMILES string of the molecule is CC(C#N)(COc1cc(C#N)cc(C(F)(F)F)c1Cl)NC(=O)c1ccc(S(F)(F)(F)(F)F)cc1. The quantitative estimate of drug-likeness (QED) is 0.406. The summed E-state index contributed by atoms with van der Waals surface area (Å²) in [5.41, 5.74) is -4.32. The predicted molar refractivity (Wildman–Crippen MR) is 106 cm³/mol. The van der Waals surface area contributed by atoms with E-state index in [1.54, 1.807) is 6.07 Å². The predicted octanol–water partition coefficient (Wildman–Crippen LogP) is 6.98. The summed E-state index contributed by atoms with van der Waals surface area (Å²) in [5, 5.41) is 19.5. The summed E-state index contributed by atoms with van der Waals surface area (Å²) >= 11 is 5.70. The Kier molecular flexibility index (Phi) is 6.30. The summed E-state index contributed by atoms with van der Waals surface area (Å²) < 4.78 is 108. The van der Waals surface area contributed by atoms with Crippen molar-refractivity contribution >= 4 is 27.7 Å². The molecule has 0 saturated carbocycles. The molecule has 1 N–H and O–H groups in total. The molecule has 2 aromatic carbocycles. The maximum absolute atomic E-state index is 13.1. The van der Waals surface area contributed by atoms with Crippen LogP contribution in [0, 0.1) is 22.7 Å². The largest absolute Gasteiger partial charge is 0.488 e. The first-order valence-electron chi connectivity index (χ1n) is 8.71. The van der Waals surface area contributed by atoms with Crippen molar-refractivity contribution < 1.29 is 42.1 Å². The smallest absolute Gasteiger partial charge is 0.418 e. The number of hydrogen-bond donors (Lipinski definition) is 1. The van der Waals surface area contributed by atoms with Crippen LogP contribution < -0.4 is 10.1 Å². The molecule has 0 aliphatic rings. The molecule has 0 radical (unpaired) electrons. The zero-order valence-corrected chi connectivity index (χ0v) is 18.3. The summed E-state index contributed by atoms with van der Waals surface area (Å²) in [4.78, 5) is 10.1. The molecule has 0 saturated heterocycles. The van der Waals surface area contributed by atoms with Gasteiger partial charge >= 0.3 is 16.4 Å². The second-order valence-corrected chi connectivity index (χ2v) is 9.91. The van der Waals surface area contributed by atoms with Crippen LogP contribution >= 0.6 is 21.8 Å². The van der Waals surface area contributed by atoms with Crippen molar-refractivity contribution in [3.8, 4) is 17.9 Å². The van der Waals surface area contributed by atoms with Gasteiger partial charge in [-0.15, -0.1) is 0 Å². The Balaban J connectivity index is 2.25. The van der Waals surface area contributed by atoms with Crippen LogP contribution in [0.15, 0.2) is 41.3 Å². The fourth-order valence-electron chi connectivity index (χ4n) is 2.48. The summed E-state index contributed by atoms with van der Waals surface area (Å²) in [6, 6.07) is 5.38. The molecule has 1 amide bonds. The lowest BCUT2D eigenvalue weighted by Gasteiger charge is -2.40. The molecule has 34 heavy (non-hydrogen) atoms. The summed E-state index contributed by atoms with van der Waals surface area (Å²) in [5.74, 6) is -1.78. The van der Waals surface area contributed by atoms with Crippen molar-refractivity contribution in [2.24, 2.45) is 0 Å². The Morgan fingerprint density at radius 3 is 2.09 bits per heavy atom. The topological polar surface area (TPSA) is 85.9 Å². The molecular formula is C19H12ClF8N3O2S. The van der Waals surface area contributed by atoms with Crippen LogP contribution in [0.4, 0.5) is 32.6 Å². The number of carbonyl (C=O) groups excluding carboxylic acids is 1. The molecule has 1 atom stereocenters. The molecule has 0 heterocycles. The van der Waals surface area contributed by atoms with E-state index in [4.69, 9.17) is 21.6 Å². The lowest BCUT2D eigenvalue weighted by atomic mass is 10.0. The minimum atomic E-state index is -9.96. The van der Waals surface area contributed by atoms with Crippen LogP contribution in [0.1, 0.15) is 28.4 Å². The number of carbonyl (C=O) groups is 1. The number of hydrogen-bond acceptors (Lipinski definition) is 4. The number of rotatable bonds is 6.